The first-order valence-corrected chi connectivity index (χ1v) is 8.89. The molecule has 6 nitrogen and oxygen atoms in total. The zero-order valence-electron chi connectivity index (χ0n) is 15.5. The second-order valence-corrected chi connectivity index (χ2v) is 6.38. The maximum Gasteiger partial charge on any atom is 0.231 e. The number of anilines is 2. The fraction of sp³-hybridized carbons (Fsp3) is 0.0435. The lowest BCUT2D eigenvalue weighted by molar-refractivity contribution is 0.465. The van der Waals surface area contributed by atoms with Crippen LogP contribution < -0.4 is 10.1 Å². The molecule has 3 aromatic carbocycles. The molecule has 138 valence electrons. The molecule has 0 radical (unpaired) electrons. The van der Waals surface area contributed by atoms with Gasteiger partial charge < -0.3 is 10.1 Å². The molecule has 0 bridgehead atoms. The highest BCUT2D eigenvalue weighted by atomic mass is 16.5. The maximum absolute atomic E-state index is 9.06. The van der Waals surface area contributed by atoms with Crippen molar-refractivity contribution in [2.45, 2.75) is 6.92 Å². The fourth-order valence-corrected chi connectivity index (χ4v) is 2.88. The van der Waals surface area contributed by atoms with Crippen LogP contribution in [-0.4, -0.2) is 9.97 Å². The van der Waals surface area contributed by atoms with Gasteiger partial charge in [0.15, 0.2) is 0 Å². The summed E-state index contributed by atoms with van der Waals surface area (Å²) in [6.45, 7) is 1.88. The fourth-order valence-electron chi connectivity index (χ4n) is 2.88. The van der Waals surface area contributed by atoms with Gasteiger partial charge >= 0.3 is 0 Å². The van der Waals surface area contributed by atoms with E-state index in [0.29, 0.717) is 28.7 Å². The summed E-state index contributed by atoms with van der Waals surface area (Å²) in [6.07, 6.45) is 0. The highest BCUT2D eigenvalue weighted by molar-refractivity contribution is 5.85. The van der Waals surface area contributed by atoms with Crippen molar-refractivity contribution in [1.82, 2.24) is 9.97 Å². The van der Waals surface area contributed by atoms with E-state index in [9.17, 15) is 0 Å². The average Bonchev–Trinajstić information content (AvgIpc) is 2.75. The largest absolute Gasteiger partial charge is 0.438 e. The lowest BCUT2D eigenvalue weighted by Crippen LogP contribution is -2.00. The van der Waals surface area contributed by atoms with E-state index in [2.05, 4.69) is 27.4 Å². The summed E-state index contributed by atoms with van der Waals surface area (Å²) in [4.78, 5) is 9.10. The smallest absolute Gasteiger partial charge is 0.231 e. The van der Waals surface area contributed by atoms with Gasteiger partial charge in [-0.3, -0.25) is 0 Å². The Morgan fingerprint density at radius 3 is 2.31 bits per heavy atom. The van der Waals surface area contributed by atoms with E-state index in [0.717, 1.165) is 22.2 Å². The zero-order valence-corrected chi connectivity index (χ0v) is 15.5. The van der Waals surface area contributed by atoms with Crippen LogP contribution in [0.4, 0.5) is 11.6 Å². The molecule has 0 amide bonds. The van der Waals surface area contributed by atoms with Crippen LogP contribution >= 0.6 is 0 Å². The van der Waals surface area contributed by atoms with Gasteiger partial charge in [0, 0.05) is 5.69 Å². The van der Waals surface area contributed by atoms with Crippen molar-refractivity contribution in [3.63, 3.8) is 0 Å². The summed E-state index contributed by atoms with van der Waals surface area (Å²) in [5.41, 5.74) is 3.49. The molecule has 29 heavy (non-hydrogen) atoms. The lowest BCUT2D eigenvalue weighted by Gasteiger charge is -2.12. The Kier molecular flexibility index (Phi) is 4.75. The lowest BCUT2D eigenvalue weighted by atomic mass is 10.1. The number of hydrogen-bond acceptors (Lipinski definition) is 6. The maximum atomic E-state index is 9.06. The third-order valence-corrected chi connectivity index (χ3v) is 4.35. The summed E-state index contributed by atoms with van der Waals surface area (Å²) in [5.74, 6) is 1.42. The number of ether oxygens (including phenoxy) is 1. The number of nitrogens with zero attached hydrogens (tertiary/aromatic N) is 4. The van der Waals surface area contributed by atoms with Gasteiger partial charge in [-0.15, -0.1) is 0 Å². The number of nitriles is 2. The number of aryl methyl sites for hydroxylation is 1. The molecule has 0 aliphatic heterocycles. The number of rotatable bonds is 4. The molecule has 0 unspecified atom stereocenters. The molecule has 6 heteroatoms. The van der Waals surface area contributed by atoms with E-state index in [4.69, 9.17) is 15.3 Å². The summed E-state index contributed by atoms with van der Waals surface area (Å²) >= 11 is 0. The number of fused-ring (bicyclic) bond motifs is 1. The Balaban J connectivity index is 1.72. The van der Waals surface area contributed by atoms with Crippen molar-refractivity contribution >= 4 is 22.5 Å². The van der Waals surface area contributed by atoms with E-state index < -0.39 is 0 Å². The average molecular weight is 377 g/mol. The first-order chi connectivity index (χ1) is 14.2. The van der Waals surface area contributed by atoms with E-state index in [1.165, 1.54) is 0 Å². The van der Waals surface area contributed by atoms with Crippen LogP contribution in [0.25, 0.3) is 10.9 Å². The number of benzene rings is 3. The molecule has 0 fully saturated rings. The van der Waals surface area contributed by atoms with Gasteiger partial charge in [-0.25, -0.2) is 4.98 Å². The monoisotopic (exact) mass is 377 g/mol. The van der Waals surface area contributed by atoms with Crippen LogP contribution in [-0.2, 0) is 0 Å². The minimum absolute atomic E-state index is 0.384. The van der Waals surface area contributed by atoms with Crippen LogP contribution in [0.2, 0.25) is 0 Å². The van der Waals surface area contributed by atoms with Gasteiger partial charge in [0.25, 0.3) is 0 Å². The van der Waals surface area contributed by atoms with Crippen molar-refractivity contribution in [2.75, 3.05) is 5.32 Å². The Morgan fingerprint density at radius 2 is 1.59 bits per heavy atom. The molecular weight excluding hydrogens is 362 g/mol. The molecule has 1 heterocycles. The van der Waals surface area contributed by atoms with Crippen LogP contribution in [0.3, 0.4) is 0 Å². The third kappa shape index (κ3) is 3.83. The Morgan fingerprint density at radius 1 is 0.862 bits per heavy atom. The zero-order chi connectivity index (χ0) is 20.2. The van der Waals surface area contributed by atoms with Gasteiger partial charge in [0.2, 0.25) is 11.8 Å². The van der Waals surface area contributed by atoms with Crippen molar-refractivity contribution in [1.29, 1.82) is 10.5 Å². The van der Waals surface area contributed by atoms with E-state index in [1.54, 1.807) is 42.5 Å². The van der Waals surface area contributed by atoms with Crippen molar-refractivity contribution < 1.29 is 4.74 Å². The quantitative estimate of drug-likeness (QED) is 0.524. The summed E-state index contributed by atoms with van der Waals surface area (Å²) in [5, 5.41) is 21.9. The van der Waals surface area contributed by atoms with Crippen molar-refractivity contribution in [3.05, 3.63) is 83.4 Å². The molecular formula is C23H15N5O. The van der Waals surface area contributed by atoms with Gasteiger partial charge in [-0.05, 0) is 67.1 Å². The van der Waals surface area contributed by atoms with E-state index in [1.807, 2.05) is 31.2 Å². The molecule has 0 aliphatic carbocycles. The minimum Gasteiger partial charge on any atom is -0.438 e. The molecule has 4 rings (SSSR count). The molecule has 0 spiro atoms. The Labute approximate surface area is 167 Å². The van der Waals surface area contributed by atoms with Gasteiger partial charge in [0.05, 0.1) is 34.2 Å². The summed E-state index contributed by atoms with van der Waals surface area (Å²) in [7, 11) is 0. The predicted octanol–water partition coefficient (Wildman–Crippen LogP) is 5.22. The number of para-hydroxylation sites is 1. The molecule has 0 aliphatic rings. The van der Waals surface area contributed by atoms with Crippen LogP contribution in [0.15, 0.2) is 66.7 Å². The first-order valence-electron chi connectivity index (χ1n) is 8.89. The summed E-state index contributed by atoms with van der Waals surface area (Å²) < 4.78 is 6.09. The SMILES string of the molecule is Cc1cc(C#N)ccc1Oc1nc(Nc2ccc(C#N)cc2)nc2ccccc12. The van der Waals surface area contributed by atoms with E-state index in [-0.39, 0.29) is 0 Å². The van der Waals surface area contributed by atoms with Crippen molar-refractivity contribution in [2.24, 2.45) is 0 Å². The van der Waals surface area contributed by atoms with Crippen LogP contribution in [0.1, 0.15) is 16.7 Å². The standard InChI is InChI=1S/C23H15N5O/c1-15-12-17(14-25)8-11-21(15)29-22-19-4-2-3-5-20(19)27-23(28-22)26-18-9-6-16(13-24)7-10-18/h2-12H,1H3,(H,26,27,28). The third-order valence-electron chi connectivity index (χ3n) is 4.35. The number of aromatic nitrogens is 2. The van der Waals surface area contributed by atoms with Gasteiger partial charge in [-0.2, -0.15) is 15.5 Å². The molecule has 0 atom stereocenters. The predicted molar refractivity (Wildman–Crippen MR) is 110 cm³/mol. The molecule has 0 saturated heterocycles. The Bertz CT molecular complexity index is 1280. The second kappa shape index (κ2) is 7.67. The Hall–Kier alpha value is -4.42. The minimum atomic E-state index is 0.384. The van der Waals surface area contributed by atoms with Gasteiger partial charge in [-0.1, -0.05) is 12.1 Å². The van der Waals surface area contributed by atoms with Gasteiger partial charge in [0.1, 0.15) is 5.75 Å². The van der Waals surface area contributed by atoms with Crippen LogP contribution in [0, 0.1) is 29.6 Å². The first kappa shape index (κ1) is 18.0. The highest BCUT2D eigenvalue weighted by Gasteiger charge is 2.12. The van der Waals surface area contributed by atoms with E-state index >= 15 is 0 Å². The van der Waals surface area contributed by atoms with Crippen LogP contribution in [0.5, 0.6) is 11.6 Å². The van der Waals surface area contributed by atoms with Crippen molar-refractivity contribution in [3.8, 4) is 23.8 Å². The summed E-state index contributed by atoms with van der Waals surface area (Å²) in [6, 6.07) is 24.1. The normalized spacial score (nSPS) is 10.2. The topological polar surface area (TPSA) is 94.6 Å². The second-order valence-electron chi connectivity index (χ2n) is 6.38. The molecule has 4 aromatic rings. The number of hydrogen-bond donors (Lipinski definition) is 1. The molecule has 1 N–H and O–H groups in total. The molecule has 1 aromatic heterocycles. The number of nitrogens with one attached hydrogen (secondary N) is 1. The highest BCUT2D eigenvalue weighted by Crippen LogP contribution is 2.31. The molecule has 0 saturated carbocycles.